The Morgan fingerprint density at radius 1 is 1.17 bits per heavy atom. The molecule has 0 amide bonds. The van der Waals surface area contributed by atoms with Gasteiger partial charge in [0.1, 0.15) is 0 Å². The van der Waals surface area contributed by atoms with E-state index >= 15 is 0 Å². The molecule has 0 spiro atoms. The van der Waals surface area contributed by atoms with E-state index in [2.05, 4.69) is 41.5 Å². The lowest BCUT2D eigenvalue weighted by atomic mass is 10.1. The van der Waals surface area contributed by atoms with Crippen molar-refractivity contribution in [3.05, 3.63) is 59.8 Å². The maximum absolute atomic E-state index is 5.03. The SMILES string of the molecule is COc1ccc(CN[C@H](C)c2ccccc2)cn1. The van der Waals surface area contributed by atoms with E-state index in [0.717, 1.165) is 12.1 Å². The van der Waals surface area contributed by atoms with Gasteiger partial charge < -0.3 is 10.1 Å². The van der Waals surface area contributed by atoms with Crippen molar-refractivity contribution in [2.45, 2.75) is 19.5 Å². The predicted octanol–water partition coefficient (Wildman–Crippen LogP) is 2.94. The second-order valence-corrected chi connectivity index (χ2v) is 4.22. The Balaban J connectivity index is 1.91. The quantitative estimate of drug-likeness (QED) is 0.875. The van der Waals surface area contributed by atoms with Crippen molar-refractivity contribution >= 4 is 0 Å². The summed E-state index contributed by atoms with van der Waals surface area (Å²) in [7, 11) is 1.62. The average molecular weight is 242 g/mol. The topological polar surface area (TPSA) is 34.1 Å². The van der Waals surface area contributed by atoms with Gasteiger partial charge in [-0.1, -0.05) is 36.4 Å². The minimum atomic E-state index is 0.327. The molecule has 94 valence electrons. The summed E-state index contributed by atoms with van der Waals surface area (Å²) in [5.41, 5.74) is 2.44. The number of pyridine rings is 1. The molecule has 1 aromatic carbocycles. The molecule has 0 bridgehead atoms. The van der Waals surface area contributed by atoms with Crippen molar-refractivity contribution in [1.82, 2.24) is 10.3 Å². The lowest BCUT2D eigenvalue weighted by Crippen LogP contribution is -2.18. The molecule has 2 rings (SSSR count). The monoisotopic (exact) mass is 242 g/mol. The molecule has 0 aliphatic rings. The number of nitrogens with zero attached hydrogens (tertiary/aromatic N) is 1. The Bertz CT molecular complexity index is 468. The zero-order valence-electron chi connectivity index (χ0n) is 10.8. The van der Waals surface area contributed by atoms with Crippen molar-refractivity contribution < 1.29 is 4.74 Å². The van der Waals surface area contributed by atoms with Crippen LogP contribution >= 0.6 is 0 Å². The number of nitrogens with one attached hydrogen (secondary N) is 1. The summed E-state index contributed by atoms with van der Waals surface area (Å²) in [4.78, 5) is 4.19. The van der Waals surface area contributed by atoms with E-state index in [9.17, 15) is 0 Å². The summed E-state index contributed by atoms with van der Waals surface area (Å²) < 4.78 is 5.03. The maximum Gasteiger partial charge on any atom is 0.212 e. The number of hydrogen-bond acceptors (Lipinski definition) is 3. The van der Waals surface area contributed by atoms with Gasteiger partial charge in [-0.15, -0.1) is 0 Å². The van der Waals surface area contributed by atoms with Crippen LogP contribution in [-0.4, -0.2) is 12.1 Å². The first-order valence-electron chi connectivity index (χ1n) is 6.07. The Morgan fingerprint density at radius 2 is 1.94 bits per heavy atom. The van der Waals surface area contributed by atoms with E-state index in [4.69, 9.17) is 4.74 Å². The van der Waals surface area contributed by atoms with E-state index in [1.165, 1.54) is 5.56 Å². The van der Waals surface area contributed by atoms with E-state index in [1.54, 1.807) is 7.11 Å². The first-order valence-corrected chi connectivity index (χ1v) is 6.07. The molecule has 3 nitrogen and oxygen atoms in total. The van der Waals surface area contributed by atoms with E-state index in [0.29, 0.717) is 11.9 Å². The van der Waals surface area contributed by atoms with Gasteiger partial charge in [0.2, 0.25) is 5.88 Å². The lowest BCUT2D eigenvalue weighted by molar-refractivity contribution is 0.397. The standard InChI is InChI=1S/C15H18N2O/c1-12(14-6-4-3-5-7-14)16-10-13-8-9-15(18-2)17-11-13/h3-9,11-12,16H,10H2,1-2H3/t12-/m1/s1. The summed E-state index contributed by atoms with van der Waals surface area (Å²) in [6.45, 7) is 2.96. The third-order valence-corrected chi connectivity index (χ3v) is 2.92. The van der Waals surface area contributed by atoms with Gasteiger partial charge in [-0.25, -0.2) is 4.98 Å². The normalized spacial score (nSPS) is 12.1. The molecule has 0 radical (unpaired) electrons. The first-order chi connectivity index (χ1) is 8.79. The van der Waals surface area contributed by atoms with Crippen LogP contribution < -0.4 is 10.1 Å². The summed E-state index contributed by atoms with van der Waals surface area (Å²) in [6.07, 6.45) is 1.84. The highest BCUT2D eigenvalue weighted by Crippen LogP contribution is 2.12. The number of benzene rings is 1. The van der Waals surface area contributed by atoms with Gasteiger partial charge in [-0.3, -0.25) is 0 Å². The van der Waals surface area contributed by atoms with E-state index in [1.807, 2.05) is 24.4 Å². The summed E-state index contributed by atoms with van der Waals surface area (Å²) in [5, 5.41) is 3.47. The molecule has 3 heteroatoms. The molecule has 1 N–H and O–H groups in total. The molecule has 1 aromatic heterocycles. The minimum Gasteiger partial charge on any atom is -0.481 e. The predicted molar refractivity (Wildman–Crippen MR) is 72.5 cm³/mol. The highest BCUT2D eigenvalue weighted by Gasteiger charge is 2.04. The van der Waals surface area contributed by atoms with Gasteiger partial charge in [0.15, 0.2) is 0 Å². The Kier molecular flexibility index (Phi) is 4.31. The molecular formula is C15H18N2O. The smallest absolute Gasteiger partial charge is 0.212 e. The van der Waals surface area contributed by atoms with Gasteiger partial charge in [0.05, 0.1) is 7.11 Å². The highest BCUT2D eigenvalue weighted by atomic mass is 16.5. The minimum absolute atomic E-state index is 0.327. The molecule has 18 heavy (non-hydrogen) atoms. The van der Waals surface area contributed by atoms with E-state index in [-0.39, 0.29) is 0 Å². The van der Waals surface area contributed by atoms with Gasteiger partial charge in [0.25, 0.3) is 0 Å². The third kappa shape index (κ3) is 3.31. The largest absolute Gasteiger partial charge is 0.481 e. The van der Waals surface area contributed by atoms with Gasteiger partial charge >= 0.3 is 0 Å². The van der Waals surface area contributed by atoms with Gasteiger partial charge in [-0.05, 0) is 18.1 Å². The van der Waals surface area contributed by atoms with Crippen LogP contribution in [0.4, 0.5) is 0 Å². The number of hydrogen-bond donors (Lipinski definition) is 1. The van der Waals surface area contributed by atoms with Gasteiger partial charge in [0, 0.05) is 24.8 Å². The van der Waals surface area contributed by atoms with Crippen molar-refractivity contribution in [3.63, 3.8) is 0 Å². The van der Waals surface area contributed by atoms with Crippen molar-refractivity contribution in [1.29, 1.82) is 0 Å². The number of rotatable bonds is 5. The molecule has 1 atom stereocenters. The number of aromatic nitrogens is 1. The molecule has 0 saturated carbocycles. The first kappa shape index (κ1) is 12.6. The fourth-order valence-corrected chi connectivity index (χ4v) is 1.77. The Morgan fingerprint density at radius 3 is 2.56 bits per heavy atom. The van der Waals surface area contributed by atoms with Crippen LogP contribution in [0.5, 0.6) is 5.88 Å². The number of ether oxygens (including phenoxy) is 1. The zero-order chi connectivity index (χ0) is 12.8. The third-order valence-electron chi connectivity index (χ3n) is 2.92. The molecule has 0 fully saturated rings. The average Bonchev–Trinajstić information content (AvgIpc) is 2.46. The summed E-state index contributed by atoms with van der Waals surface area (Å²) in [5.74, 6) is 0.648. The van der Waals surface area contributed by atoms with Crippen LogP contribution in [0.25, 0.3) is 0 Å². The van der Waals surface area contributed by atoms with Crippen LogP contribution in [-0.2, 0) is 6.54 Å². The molecule has 0 saturated heterocycles. The molecule has 1 heterocycles. The molecular weight excluding hydrogens is 224 g/mol. The summed E-state index contributed by atoms with van der Waals surface area (Å²) in [6, 6.07) is 14.6. The summed E-state index contributed by atoms with van der Waals surface area (Å²) >= 11 is 0. The Labute approximate surface area is 108 Å². The van der Waals surface area contributed by atoms with E-state index < -0.39 is 0 Å². The molecule has 0 aliphatic heterocycles. The highest BCUT2D eigenvalue weighted by molar-refractivity contribution is 5.20. The molecule has 0 aliphatic carbocycles. The Hall–Kier alpha value is -1.87. The van der Waals surface area contributed by atoms with Crippen LogP contribution in [0.1, 0.15) is 24.1 Å². The second-order valence-electron chi connectivity index (χ2n) is 4.22. The van der Waals surface area contributed by atoms with Crippen LogP contribution in [0.2, 0.25) is 0 Å². The maximum atomic E-state index is 5.03. The van der Waals surface area contributed by atoms with Crippen LogP contribution in [0.15, 0.2) is 48.7 Å². The number of methoxy groups -OCH3 is 1. The van der Waals surface area contributed by atoms with Crippen molar-refractivity contribution in [2.75, 3.05) is 7.11 Å². The lowest BCUT2D eigenvalue weighted by Gasteiger charge is -2.14. The second kappa shape index (κ2) is 6.17. The fourth-order valence-electron chi connectivity index (χ4n) is 1.77. The van der Waals surface area contributed by atoms with Gasteiger partial charge in [-0.2, -0.15) is 0 Å². The zero-order valence-corrected chi connectivity index (χ0v) is 10.8. The van der Waals surface area contributed by atoms with Crippen LogP contribution in [0.3, 0.4) is 0 Å². The molecule has 0 unspecified atom stereocenters. The van der Waals surface area contributed by atoms with Crippen molar-refractivity contribution in [2.24, 2.45) is 0 Å². The van der Waals surface area contributed by atoms with Crippen LogP contribution in [0, 0.1) is 0 Å². The molecule has 2 aromatic rings. The van der Waals surface area contributed by atoms with Crippen molar-refractivity contribution in [3.8, 4) is 5.88 Å². The fraction of sp³-hybridized carbons (Fsp3) is 0.267.